The molecule has 23 heavy (non-hydrogen) atoms. The van der Waals surface area contributed by atoms with Gasteiger partial charge < -0.3 is 10.1 Å². The number of hydrogen-bond donors (Lipinski definition) is 1. The number of hydrogen-bond acceptors (Lipinski definition) is 3. The van der Waals surface area contributed by atoms with Crippen LogP contribution in [0.15, 0.2) is 24.3 Å². The van der Waals surface area contributed by atoms with Crippen molar-refractivity contribution in [2.24, 2.45) is 0 Å². The number of alkyl halides is 3. The van der Waals surface area contributed by atoms with Gasteiger partial charge in [0, 0.05) is 44.2 Å². The fourth-order valence-corrected chi connectivity index (χ4v) is 2.87. The molecule has 0 aromatic heterocycles. The third-order valence-electron chi connectivity index (χ3n) is 3.87. The molecule has 3 nitrogen and oxygen atoms in total. The Morgan fingerprint density at radius 2 is 1.87 bits per heavy atom. The molecule has 1 aromatic rings. The van der Waals surface area contributed by atoms with Gasteiger partial charge in [0.05, 0.1) is 6.61 Å². The van der Waals surface area contributed by atoms with E-state index in [0.29, 0.717) is 12.4 Å². The van der Waals surface area contributed by atoms with Crippen molar-refractivity contribution in [3.63, 3.8) is 0 Å². The number of nitrogens with one attached hydrogen (secondary N) is 1. The van der Waals surface area contributed by atoms with Crippen LogP contribution in [0.5, 0.6) is 5.75 Å². The van der Waals surface area contributed by atoms with Gasteiger partial charge in [-0.05, 0) is 19.4 Å². The van der Waals surface area contributed by atoms with Crippen LogP contribution in [0.1, 0.15) is 31.4 Å². The molecular formula is C16H24ClF3N2O. The second kappa shape index (κ2) is 9.35. The Morgan fingerprint density at radius 3 is 2.48 bits per heavy atom. The van der Waals surface area contributed by atoms with E-state index >= 15 is 0 Å². The second-order valence-corrected chi connectivity index (χ2v) is 5.43. The van der Waals surface area contributed by atoms with Crippen LogP contribution in [0, 0.1) is 0 Å². The van der Waals surface area contributed by atoms with Crippen LogP contribution in [0.3, 0.4) is 0 Å². The standard InChI is InChI=1S/C16H23F3N2O.ClH/c1-2-22-15-6-4-3-5-13(15)14(7-8-16(17,18)19)21-11-9-20-10-12-21;/h3-6,14,20H,2,7-12H2,1H3;1H/t14-;/m1./s1. The summed E-state index contributed by atoms with van der Waals surface area (Å²) in [5, 5.41) is 3.24. The van der Waals surface area contributed by atoms with E-state index in [4.69, 9.17) is 4.74 Å². The fourth-order valence-electron chi connectivity index (χ4n) is 2.87. The average molecular weight is 353 g/mol. The van der Waals surface area contributed by atoms with Gasteiger partial charge in [-0.15, -0.1) is 12.4 Å². The lowest BCUT2D eigenvalue weighted by Crippen LogP contribution is -2.45. The summed E-state index contributed by atoms with van der Waals surface area (Å²) in [5.74, 6) is 0.690. The molecule has 0 saturated carbocycles. The monoisotopic (exact) mass is 352 g/mol. The molecule has 132 valence electrons. The van der Waals surface area contributed by atoms with Gasteiger partial charge in [-0.25, -0.2) is 0 Å². The third kappa shape index (κ3) is 6.20. The first-order valence-corrected chi connectivity index (χ1v) is 7.74. The lowest BCUT2D eigenvalue weighted by Gasteiger charge is -2.36. The van der Waals surface area contributed by atoms with Crippen LogP contribution < -0.4 is 10.1 Å². The van der Waals surface area contributed by atoms with Gasteiger partial charge in [0.2, 0.25) is 0 Å². The maximum absolute atomic E-state index is 12.7. The Bertz CT molecular complexity index is 465. The molecule has 1 heterocycles. The van der Waals surface area contributed by atoms with Crippen molar-refractivity contribution in [1.29, 1.82) is 0 Å². The molecule has 0 aliphatic carbocycles. The van der Waals surface area contributed by atoms with Gasteiger partial charge in [-0.2, -0.15) is 13.2 Å². The van der Waals surface area contributed by atoms with Gasteiger partial charge in [0.25, 0.3) is 0 Å². The first-order valence-electron chi connectivity index (χ1n) is 7.74. The zero-order valence-corrected chi connectivity index (χ0v) is 14.1. The van der Waals surface area contributed by atoms with Crippen molar-refractivity contribution in [3.8, 4) is 5.75 Å². The van der Waals surface area contributed by atoms with Gasteiger partial charge in [-0.1, -0.05) is 18.2 Å². The predicted molar refractivity (Wildman–Crippen MR) is 87.3 cm³/mol. The quantitative estimate of drug-likeness (QED) is 0.843. The molecule has 1 saturated heterocycles. The number of para-hydroxylation sites is 1. The average Bonchev–Trinajstić information content (AvgIpc) is 2.49. The summed E-state index contributed by atoms with van der Waals surface area (Å²) in [6, 6.07) is 7.18. The van der Waals surface area contributed by atoms with Crippen molar-refractivity contribution in [2.45, 2.75) is 32.0 Å². The van der Waals surface area contributed by atoms with Crippen LogP contribution in [-0.2, 0) is 0 Å². The Labute approximate surface area is 141 Å². The molecular weight excluding hydrogens is 329 g/mol. The number of benzene rings is 1. The minimum atomic E-state index is -4.13. The highest BCUT2D eigenvalue weighted by Gasteiger charge is 2.32. The number of piperazine rings is 1. The van der Waals surface area contributed by atoms with Crippen molar-refractivity contribution >= 4 is 12.4 Å². The lowest BCUT2D eigenvalue weighted by atomic mass is 9.98. The largest absolute Gasteiger partial charge is 0.494 e. The second-order valence-electron chi connectivity index (χ2n) is 5.43. The molecule has 1 N–H and O–H groups in total. The van der Waals surface area contributed by atoms with Gasteiger partial charge in [0.1, 0.15) is 5.75 Å². The normalized spacial score (nSPS) is 17.4. The molecule has 0 spiro atoms. The van der Waals surface area contributed by atoms with Crippen LogP contribution in [0.2, 0.25) is 0 Å². The van der Waals surface area contributed by atoms with Gasteiger partial charge in [-0.3, -0.25) is 4.90 Å². The van der Waals surface area contributed by atoms with E-state index in [1.165, 1.54) is 0 Å². The van der Waals surface area contributed by atoms with Crippen LogP contribution in [-0.4, -0.2) is 43.9 Å². The molecule has 0 radical (unpaired) electrons. The molecule has 1 aromatic carbocycles. The summed E-state index contributed by atoms with van der Waals surface area (Å²) >= 11 is 0. The first kappa shape index (κ1) is 20.1. The van der Waals surface area contributed by atoms with Crippen LogP contribution >= 0.6 is 12.4 Å². The Morgan fingerprint density at radius 1 is 1.22 bits per heavy atom. The lowest BCUT2D eigenvalue weighted by molar-refractivity contribution is -0.138. The summed E-state index contributed by atoms with van der Waals surface area (Å²) in [4.78, 5) is 2.13. The summed E-state index contributed by atoms with van der Waals surface area (Å²) < 4.78 is 43.7. The summed E-state index contributed by atoms with van der Waals surface area (Å²) in [7, 11) is 0. The van der Waals surface area contributed by atoms with E-state index in [0.717, 1.165) is 31.7 Å². The maximum Gasteiger partial charge on any atom is 0.389 e. The van der Waals surface area contributed by atoms with E-state index in [1.807, 2.05) is 31.2 Å². The maximum atomic E-state index is 12.7. The Kier molecular flexibility index (Phi) is 8.16. The van der Waals surface area contributed by atoms with E-state index in [-0.39, 0.29) is 24.9 Å². The van der Waals surface area contributed by atoms with Gasteiger partial charge >= 0.3 is 6.18 Å². The van der Waals surface area contributed by atoms with E-state index in [1.54, 1.807) is 0 Å². The Hall–Kier alpha value is -0.980. The van der Waals surface area contributed by atoms with Crippen LogP contribution in [0.4, 0.5) is 13.2 Å². The highest BCUT2D eigenvalue weighted by atomic mass is 35.5. The Balaban J connectivity index is 0.00000264. The number of ether oxygens (including phenoxy) is 1. The van der Waals surface area contributed by atoms with Gasteiger partial charge in [0.15, 0.2) is 0 Å². The van der Waals surface area contributed by atoms with E-state index in [9.17, 15) is 13.2 Å². The predicted octanol–water partition coefficient (Wildman–Crippen LogP) is 3.80. The highest BCUT2D eigenvalue weighted by molar-refractivity contribution is 5.85. The number of halogens is 4. The van der Waals surface area contributed by atoms with E-state index in [2.05, 4.69) is 10.2 Å². The highest BCUT2D eigenvalue weighted by Crippen LogP contribution is 2.36. The number of rotatable bonds is 6. The first-order chi connectivity index (χ1) is 10.5. The molecule has 0 amide bonds. The topological polar surface area (TPSA) is 24.5 Å². The van der Waals surface area contributed by atoms with E-state index < -0.39 is 12.6 Å². The summed E-state index contributed by atoms with van der Waals surface area (Å²) in [6.45, 7) is 5.50. The zero-order chi connectivity index (χ0) is 16.0. The van der Waals surface area contributed by atoms with Crippen molar-refractivity contribution in [2.75, 3.05) is 32.8 Å². The van der Waals surface area contributed by atoms with Crippen molar-refractivity contribution in [3.05, 3.63) is 29.8 Å². The smallest absolute Gasteiger partial charge is 0.389 e. The van der Waals surface area contributed by atoms with Crippen molar-refractivity contribution < 1.29 is 17.9 Å². The van der Waals surface area contributed by atoms with Crippen LogP contribution in [0.25, 0.3) is 0 Å². The summed E-state index contributed by atoms with van der Waals surface area (Å²) in [6.07, 6.45) is -4.84. The molecule has 2 rings (SSSR count). The molecule has 1 aliphatic rings. The molecule has 1 atom stereocenters. The molecule has 1 aliphatic heterocycles. The zero-order valence-electron chi connectivity index (χ0n) is 13.2. The summed E-state index contributed by atoms with van der Waals surface area (Å²) in [5.41, 5.74) is 0.857. The third-order valence-corrected chi connectivity index (χ3v) is 3.87. The minimum absolute atomic E-state index is 0. The molecule has 1 fully saturated rings. The molecule has 0 unspecified atom stereocenters. The molecule has 7 heteroatoms. The number of nitrogens with zero attached hydrogens (tertiary/aromatic N) is 1. The van der Waals surface area contributed by atoms with Crippen molar-refractivity contribution in [1.82, 2.24) is 10.2 Å². The molecule has 0 bridgehead atoms. The fraction of sp³-hybridized carbons (Fsp3) is 0.625. The SMILES string of the molecule is CCOc1ccccc1[C@@H](CCC(F)(F)F)N1CCNCC1.Cl. The minimum Gasteiger partial charge on any atom is -0.494 e.